The lowest BCUT2D eigenvalue weighted by atomic mass is 9.98. The summed E-state index contributed by atoms with van der Waals surface area (Å²) in [5.74, 6) is -3.61. The van der Waals surface area contributed by atoms with Gasteiger partial charge in [-0.15, -0.1) is 0 Å². The molecule has 230 valence electrons. The van der Waals surface area contributed by atoms with Gasteiger partial charge in [0.2, 0.25) is 17.7 Å². The van der Waals surface area contributed by atoms with Crippen molar-refractivity contribution in [1.82, 2.24) is 36.3 Å². The van der Waals surface area contributed by atoms with E-state index in [0.29, 0.717) is 18.0 Å². The van der Waals surface area contributed by atoms with E-state index in [-0.39, 0.29) is 55.5 Å². The highest BCUT2D eigenvalue weighted by molar-refractivity contribution is 5.97. The van der Waals surface area contributed by atoms with Gasteiger partial charge in [0.1, 0.15) is 23.9 Å². The Balaban J connectivity index is 1.37. The minimum Gasteiger partial charge on any atom is -0.507 e. The van der Waals surface area contributed by atoms with Gasteiger partial charge < -0.3 is 31.1 Å². The minimum atomic E-state index is -1.49. The SMILES string of the molecule is CN1C(=O)C2CCCNN2C(=O)C1CCCN(O)C(=O)C(CO)NC(=O)CNC(=O)CCNC(=O)c1ccccc1O. The third-order valence-corrected chi connectivity index (χ3v) is 7.02. The number of benzene rings is 1. The largest absolute Gasteiger partial charge is 0.507 e. The molecule has 0 saturated carbocycles. The van der Waals surface area contributed by atoms with Crippen molar-refractivity contribution in [2.24, 2.45) is 0 Å². The number of carbonyl (C=O) groups is 6. The highest BCUT2D eigenvalue weighted by Gasteiger charge is 2.45. The molecule has 2 heterocycles. The fourth-order valence-electron chi connectivity index (χ4n) is 4.70. The van der Waals surface area contributed by atoms with E-state index in [0.717, 1.165) is 6.42 Å². The van der Waals surface area contributed by atoms with Gasteiger partial charge in [0, 0.05) is 33.1 Å². The van der Waals surface area contributed by atoms with E-state index >= 15 is 0 Å². The van der Waals surface area contributed by atoms with Crippen LogP contribution < -0.4 is 21.4 Å². The average molecular weight is 592 g/mol. The van der Waals surface area contributed by atoms with Crippen LogP contribution in [0, 0.1) is 0 Å². The number of hydroxylamine groups is 2. The van der Waals surface area contributed by atoms with E-state index in [1.807, 2.05) is 0 Å². The molecular formula is C26H37N7O9. The van der Waals surface area contributed by atoms with E-state index in [4.69, 9.17) is 0 Å². The average Bonchev–Trinajstić information content (AvgIpc) is 2.99. The molecule has 3 unspecified atom stereocenters. The van der Waals surface area contributed by atoms with Crippen LogP contribution in [-0.2, 0) is 24.0 Å². The van der Waals surface area contributed by atoms with Crippen LogP contribution in [0.15, 0.2) is 24.3 Å². The zero-order valence-corrected chi connectivity index (χ0v) is 23.2. The second-order valence-electron chi connectivity index (χ2n) is 9.95. The molecule has 0 radical (unpaired) electrons. The summed E-state index contributed by atoms with van der Waals surface area (Å²) in [4.78, 5) is 75.7. The fraction of sp³-hybridized carbons (Fsp3) is 0.538. The lowest BCUT2D eigenvalue weighted by Gasteiger charge is -2.45. The number of amides is 6. The summed E-state index contributed by atoms with van der Waals surface area (Å²) in [6.07, 6.45) is 1.50. The van der Waals surface area contributed by atoms with Crippen LogP contribution in [0.1, 0.15) is 42.5 Å². The fourth-order valence-corrected chi connectivity index (χ4v) is 4.70. The Labute approximate surface area is 241 Å². The molecule has 3 rings (SSSR count). The van der Waals surface area contributed by atoms with Crippen LogP contribution in [-0.4, -0.2) is 124 Å². The van der Waals surface area contributed by atoms with Gasteiger partial charge in [0.25, 0.3) is 17.7 Å². The van der Waals surface area contributed by atoms with Crippen molar-refractivity contribution in [2.45, 2.75) is 50.2 Å². The molecule has 2 fully saturated rings. The molecule has 3 atom stereocenters. The molecule has 42 heavy (non-hydrogen) atoms. The van der Waals surface area contributed by atoms with Gasteiger partial charge in [-0.25, -0.2) is 10.5 Å². The first-order valence-corrected chi connectivity index (χ1v) is 13.6. The molecule has 2 aliphatic heterocycles. The number of aromatic hydroxyl groups is 1. The zero-order valence-electron chi connectivity index (χ0n) is 23.2. The maximum absolute atomic E-state index is 12.9. The molecule has 7 N–H and O–H groups in total. The number of hydrazine groups is 1. The number of aliphatic hydroxyl groups excluding tert-OH is 1. The molecule has 0 spiro atoms. The van der Waals surface area contributed by atoms with Crippen molar-refractivity contribution in [3.63, 3.8) is 0 Å². The van der Waals surface area contributed by atoms with E-state index in [1.54, 1.807) is 19.2 Å². The van der Waals surface area contributed by atoms with Gasteiger partial charge in [-0.1, -0.05) is 12.1 Å². The Bertz CT molecular complexity index is 1180. The summed E-state index contributed by atoms with van der Waals surface area (Å²) < 4.78 is 0. The predicted molar refractivity (Wildman–Crippen MR) is 144 cm³/mol. The summed E-state index contributed by atoms with van der Waals surface area (Å²) in [5, 5.41) is 38.2. The third-order valence-electron chi connectivity index (χ3n) is 7.02. The van der Waals surface area contributed by atoms with Crippen molar-refractivity contribution in [1.29, 1.82) is 0 Å². The standard InChI is InChI=1S/C26H37N7O9/c1-31-18(26(41)33-19(25(31)40)7-4-11-29-33)8-5-13-32(42)24(39)17(15-34)30-22(37)14-28-21(36)10-12-27-23(38)16-6-2-3-9-20(16)35/h2-3,6,9,17-19,29,34-35,42H,4-5,7-8,10-15H2,1H3,(H,27,38)(H,28,36)(H,30,37). The molecule has 2 saturated heterocycles. The number of aliphatic hydroxyl groups is 1. The molecular weight excluding hydrogens is 554 g/mol. The van der Waals surface area contributed by atoms with Crippen LogP contribution in [0.2, 0.25) is 0 Å². The van der Waals surface area contributed by atoms with Gasteiger partial charge in [-0.2, -0.15) is 0 Å². The van der Waals surface area contributed by atoms with Crippen LogP contribution in [0.25, 0.3) is 0 Å². The summed E-state index contributed by atoms with van der Waals surface area (Å²) in [7, 11) is 1.54. The Morgan fingerprint density at radius 1 is 1.12 bits per heavy atom. The summed E-state index contributed by atoms with van der Waals surface area (Å²) in [6, 6.07) is 3.10. The maximum atomic E-state index is 12.9. The van der Waals surface area contributed by atoms with E-state index in [9.17, 15) is 44.2 Å². The molecule has 0 aliphatic carbocycles. The van der Waals surface area contributed by atoms with Gasteiger partial charge in [0.05, 0.1) is 18.7 Å². The molecule has 2 aliphatic rings. The number of nitrogens with zero attached hydrogens (tertiary/aromatic N) is 3. The number of para-hydroxylation sites is 1. The highest BCUT2D eigenvalue weighted by atomic mass is 16.5. The number of phenolic OH excluding ortho intramolecular Hbond substituents is 1. The summed E-state index contributed by atoms with van der Waals surface area (Å²) in [5.41, 5.74) is 3.00. The first-order chi connectivity index (χ1) is 20.0. The lowest BCUT2D eigenvalue weighted by Crippen LogP contribution is -2.68. The van der Waals surface area contributed by atoms with Crippen LogP contribution in [0.4, 0.5) is 0 Å². The second kappa shape index (κ2) is 15.1. The zero-order chi connectivity index (χ0) is 30.8. The van der Waals surface area contributed by atoms with Crippen LogP contribution >= 0.6 is 0 Å². The first-order valence-electron chi connectivity index (χ1n) is 13.6. The van der Waals surface area contributed by atoms with Crippen LogP contribution in [0.3, 0.4) is 0 Å². The Morgan fingerprint density at radius 2 is 1.86 bits per heavy atom. The monoisotopic (exact) mass is 591 g/mol. The van der Waals surface area contributed by atoms with Crippen LogP contribution in [0.5, 0.6) is 5.75 Å². The van der Waals surface area contributed by atoms with E-state index in [1.165, 1.54) is 22.0 Å². The number of fused-ring (bicyclic) bond motifs is 1. The third kappa shape index (κ3) is 8.14. The number of rotatable bonds is 13. The van der Waals surface area contributed by atoms with Crippen molar-refractivity contribution in [2.75, 3.05) is 39.8 Å². The normalized spacial score (nSPS) is 19.0. The number of nitrogens with one attached hydrogen (secondary N) is 4. The first kappa shape index (κ1) is 32.2. The second-order valence-corrected chi connectivity index (χ2v) is 9.95. The number of carbonyl (C=O) groups excluding carboxylic acids is 6. The highest BCUT2D eigenvalue weighted by Crippen LogP contribution is 2.23. The lowest BCUT2D eigenvalue weighted by molar-refractivity contribution is -0.171. The topological polar surface area (TPSA) is 221 Å². The van der Waals surface area contributed by atoms with Gasteiger partial charge >= 0.3 is 0 Å². The molecule has 16 heteroatoms. The Hall–Kier alpha value is -4.28. The molecule has 0 aromatic heterocycles. The number of hydrogen-bond acceptors (Lipinski definition) is 10. The number of hydrogen-bond donors (Lipinski definition) is 7. The minimum absolute atomic E-state index is 0.0488. The van der Waals surface area contributed by atoms with E-state index in [2.05, 4.69) is 21.4 Å². The molecule has 1 aromatic carbocycles. The number of phenols is 1. The Morgan fingerprint density at radius 3 is 2.57 bits per heavy atom. The number of likely N-dealkylation sites (N-methyl/N-ethyl adjacent to an activating group) is 1. The van der Waals surface area contributed by atoms with Crippen molar-refractivity contribution >= 4 is 35.4 Å². The van der Waals surface area contributed by atoms with Crippen molar-refractivity contribution in [3.8, 4) is 5.75 Å². The van der Waals surface area contributed by atoms with Gasteiger partial charge in [0.15, 0.2) is 0 Å². The van der Waals surface area contributed by atoms with Crippen molar-refractivity contribution < 1.29 is 44.2 Å². The maximum Gasteiger partial charge on any atom is 0.270 e. The number of piperazine rings is 1. The van der Waals surface area contributed by atoms with Gasteiger partial charge in [-0.3, -0.25) is 39.0 Å². The summed E-state index contributed by atoms with van der Waals surface area (Å²) >= 11 is 0. The van der Waals surface area contributed by atoms with E-state index < -0.39 is 54.9 Å². The molecule has 6 amide bonds. The Kier molecular flexibility index (Phi) is 11.6. The predicted octanol–water partition coefficient (Wildman–Crippen LogP) is -2.56. The van der Waals surface area contributed by atoms with Crippen molar-refractivity contribution in [3.05, 3.63) is 29.8 Å². The summed E-state index contributed by atoms with van der Waals surface area (Å²) in [6.45, 7) is -1.06. The molecule has 0 bridgehead atoms. The van der Waals surface area contributed by atoms with Gasteiger partial charge in [-0.05, 0) is 37.8 Å². The quantitative estimate of drug-likeness (QED) is 0.0939. The smallest absolute Gasteiger partial charge is 0.270 e. The molecule has 1 aromatic rings. The molecule has 16 nitrogen and oxygen atoms in total.